The molecule has 1 heterocycles. The number of fused-ring (bicyclic) bond motifs is 1. The van der Waals surface area contributed by atoms with Crippen LogP contribution in [0.15, 0.2) is 65.6 Å². The van der Waals surface area contributed by atoms with Crippen LogP contribution >= 0.6 is 0 Å². The van der Waals surface area contributed by atoms with Gasteiger partial charge in [0.2, 0.25) is 15.9 Å². The van der Waals surface area contributed by atoms with Crippen LogP contribution in [0.4, 0.5) is 10.1 Å². The van der Waals surface area contributed by atoms with E-state index in [0.29, 0.717) is 25.1 Å². The van der Waals surface area contributed by atoms with Crippen molar-refractivity contribution in [2.75, 3.05) is 18.4 Å². The smallest absolute Gasteiger partial charge is 0.243 e. The molecule has 5 nitrogen and oxygen atoms in total. The van der Waals surface area contributed by atoms with Gasteiger partial charge in [-0.1, -0.05) is 36.4 Å². The van der Waals surface area contributed by atoms with Gasteiger partial charge in [0, 0.05) is 18.8 Å². The Balaban J connectivity index is 1.53. The Morgan fingerprint density at radius 1 is 1.07 bits per heavy atom. The van der Waals surface area contributed by atoms with Crippen molar-refractivity contribution < 1.29 is 17.6 Å². The Labute approximate surface area is 175 Å². The van der Waals surface area contributed by atoms with Crippen LogP contribution in [0.5, 0.6) is 0 Å². The SMILES string of the molecule is Cc1ccc(F)cc1NC(=O)[C@H]1CCCN(S(=O)(=O)c2ccc3ccccc3c2)C1. The Morgan fingerprint density at radius 2 is 1.83 bits per heavy atom. The van der Waals surface area contributed by atoms with Crippen molar-refractivity contribution in [3.8, 4) is 0 Å². The van der Waals surface area contributed by atoms with Crippen LogP contribution in [0.25, 0.3) is 10.8 Å². The number of rotatable bonds is 4. The van der Waals surface area contributed by atoms with Gasteiger partial charge in [-0.2, -0.15) is 4.31 Å². The van der Waals surface area contributed by atoms with Crippen molar-refractivity contribution in [1.82, 2.24) is 4.31 Å². The van der Waals surface area contributed by atoms with Crippen LogP contribution in [0.2, 0.25) is 0 Å². The van der Waals surface area contributed by atoms with Crippen LogP contribution in [0, 0.1) is 18.7 Å². The number of amides is 1. The maximum atomic E-state index is 13.5. The fourth-order valence-electron chi connectivity index (χ4n) is 3.82. The number of halogens is 1. The number of nitrogens with zero attached hydrogens (tertiary/aromatic N) is 1. The molecule has 0 aliphatic carbocycles. The van der Waals surface area contributed by atoms with Crippen LogP contribution in [-0.2, 0) is 14.8 Å². The zero-order chi connectivity index (χ0) is 21.3. The van der Waals surface area contributed by atoms with Gasteiger partial charge in [0.15, 0.2) is 0 Å². The molecule has 1 amide bonds. The van der Waals surface area contributed by atoms with E-state index in [1.807, 2.05) is 24.3 Å². The van der Waals surface area contributed by atoms with Crippen molar-refractivity contribution >= 4 is 32.4 Å². The maximum absolute atomic E-state index is 13.5. The Kier molecular flexibility index (Phi) is 5.58. The molecule has 0 unspecified atom stereocenters. The minimum absolute atomic E-state index is 0.107. The standard InChI is InChI=1S/C23H23FN2O3S/c1-16-8-10-20(24)14-22(16)25-23(27)19-7-4-12-26(15-19)30(28,29)21-11-9-17-5-2-3-6-18(17)13-21/h2-3,5-6,8-11,13-14,19H,4,7,12,15H2,1H3,(H,25,27)/t19-/m0/s1. The van der Waals surface area contributed by atoms with Gasteiger partial charge in [0.05, 0.1) is 10.8 Å². The van der Waals surface area contributed by atoms with E-state index in [9.17, 15) is 17.6 Å². The summed E-state index contributed by atoms with van der Waals surface area (Å²) in [7, 11) is -3.71. The first-order valence-corrected chi connectivity index (χ1v) is 11.3. The summed E-state index contributed by atoms with van der Waals surface area (Å²) in [6.07, 6.45) is 1.18. The van der Waals surface area contributed by atoms with E-state index in [4.69, 9.17) is 0 Å². The fourth-order valence-corrected chi connectivity index (χ4v) is 5.38. The average molecular weight is 427 g/mol. The van der Waals surface area contributed by atoms with Gasteiger partial charge in [-0.3, -0.25) is 4.79 Å². The highest BCUT2D eigenvalue weighted by atomic mass is 32.2. The number of carbonyl (C=O) groups excluding carboxylic acids is 1. The van der Waals surface area contributed by atoms with E-state index in [1.54, 1.807) is 31.2 Å². The Morgan fingerprint density at radius 3 is 2.63 bits per heavy atom. The summed E-state index contributed by atoms with van der Waals surface area (Å²) in [6.45, 7) is 2.26. The van der Waals surface area contributed by atoms with E-state index in [2.05, 4.69) is 5.32 Å². The van der Waals surface area contributed by atoms with E-state index in [-0.39, 0.29) is 17.3 Å². The molecule has 0 aromatic heterocycles. The zero-order valence-corrected chi connectivity index (χ0v) is 17.5. The first-order chi connectivity index (χ1) is 14.3. The van der Waals surface area contributed by atoms with Gasteiger partial charge in [-0.25, -0.2) is 12.8 Å². The molecule has 1 aliphatic heterocycles. The predicted octanol–water partition coefficient (Wildman–Crippen LogP) is 4.33. The Hall–Kier alpha value is -2.77. The lowest BCUT2D eigenvalue weighted by Gasteiger charge is -2.31. The highest BCUT2D eigenvalue weighted by Gasteiger charge is 2.33. The molecule has 0 bridgehead atoms. The third-order valence-corrected chi connectivity index (χ3v) is 7.43. The molecule has 1 fully saturated rings. The summed E-state index contributed by atoms with van der Waals surface area (Å²) < 4.78 is 41.3. The Bertz CT molecular complexity index is 1210. The number of hydrogen-bond acceptors (Lipinski definition) is 3. The van der Waals surface area contributed by atoms with Crippen molar-refractivity contribution in [1.29, 1.82) is 0 Å². The normalized spacial score (nSPS) is 17.7. The number of anilines is 1. The fraction of sp³-hybridized carbons (Fsp3) is 0.261. The van der Waals surface area contributed by atoms with Gasteiger partial charge in [-0.05, 0) is 60.4 Å². The minimum Gasteiger partial charge on any atom is -0.325 e. The summed E-state index contributed by atoms with van der Waals surface area (Å²) in [6, 6.07) is 16.9. The van der Waals surface area contributed by atoms with E-state index in [0.717, 1.165) is 16.3 Å². The van der Waals surface area contributed by atoms with Crippen molar-refractivity contribution in [3.63, 3.8) is 0 Å². The number of hydrogen-bond donors (Lipinski definition) is 1. The molecule has 30 heavy (non-hydrogen) atoms. The first-order valence-electron chi connectivity index (χ1n) is 9.90. The van der Waals surface area contributed by atoms with Crippen LogP contribution in [0.3, 0.4) is 0 Å². The largest absolute Gasteiger partial charge is 0.325 e. The van der Waals surface area contributed by atoms with Gasteiger partial charge in [-0.15, -0.1) is 0 Å². The lowest BCUT2D eigenvalue weighted by Crippen LogP contribution is -2.43. The topological polar surface area (TPSA) is 66.5 Å². The second-order valence-corrected chi connectivity index (χ2v) is 9.60. The molecule has 1 N–H and O–H groups in total. The second kappa shape index (κ2) is 8.16. The molecule has 0 spiro atoms. The molecule has 3 aromatic carbocycles. The average Bonchev–Trinajstić information content (AvgIpc) is 2.76. The highest BCUT2D eigenvalue weighted by Crippen LogP contribution is 2.27. The minimum atomic E-state index is -3.71. The number of benzene rings is 3. The monoisotopic (exact) mass is 426 g/mol. The van der Waals surface area contributed by atoms with Gasteiger partial charge < -0.3 is 5.32 Å². The van der Waals surface area contributed by atoms with Gasteiger partial charge in [0.25, 0.3) is 0 Å². The second-order valence-electron chi connectivity index (χ2n) is 7.66. The summed E-state index contributed by atoms with van der Waals surface area (Å²) >= 11 is 0. The van der Waals surface area contributed by atoms with Crippen molar-refractivity contribution in [2.24, 2.45) is 5.92 Å². The summed E-state index contributed by atoms with van der Waals surface area (Å²) in [5, 5.41) is 4.58. The summed E-state index contributed by atoms with van der Waals surface area (Å²) in [5.74, 6) is -1.21. The number of nitrogens with one attached hydrogen (secondary N) is 1. The van der Waals surface area contributed by atoms with Crippen LogP contribution in [0.1, 0.15) is 18.4 Å². The molecular weight excluding hydrogens is 403 g/mol. The van der Waals surface area contributed by atoms with Crippen molar-refractivity contribution in [3.05, 3.63) is 72.0 Å². The molecule has 156 valence electrons. The first kappa shape index (κ1) is 20.5. The molecule has 0 saturated carbocycles. The van der Waals surface area contributed by atoms with E-state index in [1.165, 1.54) is 16.4 Å². The number of piperidine rings is 1. The van der Waals surface area contributed by atoms with Crippen LogP contribution < -0.4 is 5.32 Å². The van der Waals surface area contributed by atoms with Crippen molar-refractivity contribution in [2.45, 2.75) is 24.7 Å². The highest BCUT2D eigenvalue weighted by molar-refractivity contribution is 7.89. The zero-order valence-electron chi connectivity index (χ0n) is 16.6. The molecular formula is C23H23FN2O3S. The van der Waals surface area contributed by atoms with E-state index < -0.39 is 21.8 Å². The van der Waals surface area contributed by atoms with Gasteiger partial charge >= 0.3 is 0 Å². The molecule has 0 radical (unpaired) electrons. The quantitative estimate of drug-likeness (QED) is 0.675. The summed E-state index contributed by atoms with van der Waals surface area (Å²) in [4.78, 5) is 13.0. The van der Waals surface area contributed by atoms with Gasteiger partial charge in [0.1, 0.15) is 5.82 Å². The van der Waals surface area contributed by atoms with Crippen LogP contribution in [-0.4, -0.2) is 31.7 Å². The third kappa shape index (κ3) is 4.08. The number of aryl methyl sites for hydroxylation is 1. The predicted molar refractivity (Wildman–Crippen MR) is 115 cm³/mol. The molecule has 3 aromatic rings. The van der Waals surface area contributed by atoms with E-state index >= 15 is 0 Å². The number of carbonyl (C=O) groups is 1. The molecule has 1 aliphatic rings. The molecule has 1 atom stereocenters. The molecule has 4 rings (SSSR count). The third-order valence-electron chi connectivity index (χ3n) is 5.57. The molecule has 1 saturated heterocycles. The maximum Gasteiger partial charge on any atom is 0.243 e. The number of sulfonamides is 1. The lowest BCUT2D eigenvalue weighted by molar-refractivity contribution is -0.120. The molecule has 7 heteroatoms. The summed E-state index contributed by atoms with van der Waals surface area (Å²) in [5.41, 5.74) is 1.16. The lowest BCUT2D eigenvalue weighted by atomic mass is 9.98.